The van der Waals surface area contributed by atoms with Gasteiger partial charge in [-0.2, -0.15) is 5.26 Å². The van der Waals surface area contributed by atoms with Crippen molar-refractivity contribution in [3.63, 3.8) is 0 Å². The number of rotatable bonds is 7. The number of ketones is 1. The molecule has 0 radical (unpaired) electrons. The lowest BCUT2D eigenvalue weighted by molar-refractivity contribution is -0.164. The van der Waals surface area contributed by atoms with Crippen LogP contribution in [0.1, 0.15) is 52.2 Å². The average Bonchev–Trinajstić information content (AvgIpc) is 3.02. The fourth-order valence-electron chi connectivity index (χ4n) is 6.45. The number of hydrogen-bond acceptors (Lipinski definition) is 5. The maximum atomic E-state index is 14.7. The minimum atomic E-state index is -1.86. The molecule has 1 saturated carbocycles. The normalized spacial score (nSPS) is 25.3. The fraction of sp³-hybridized carbons (Fsp3) is 0.229. The van der Waals surface area contributed by atoms with Crippen LogP contribution >= 0.6 is 23.2 Å². The average molecular weight is 599 g/mol. The summed E-state index contributed by atoms with van der Waals surface area (Å²) >= 11 is 12.4. The number of Topliss-reactive ketones (excluding diaryl/α,β-unsaturated/α-hetero) is 1. The van der Waals surface area contributed by atoms with E-state index in [1.807, 2.05) is 36.4 Å². The molecule has 5 rings (SSSR count). The summed E-state index contributed by atoms with van der Waals surface area (Å²) in [5.41, 5.74) is -1.67. The minimum Gasteiger partial charge on any atom is -0.465 e. The number of aliphatic hydroxyl groups is 1. The summed E-state index contributed by atoms with van der Waals surface area (Å²) in [6.07, 6.45) is -0.0989. The van der Waals surface area contributed by atoms with Crippen molar-refractivity contribution in [3.05, 3.63) is 141 Å². The molecule has 7 heteroatoms. The Morgan fingerprint density at radius 3 is 1.90 bits per heavy atom. The number of carbonyl (C=O) groups excluding carboxylic acids is 2. The van der Waals surface area contributed by atoms with Crippen LogP contribution in [-0.4, -0.2) is 23.5 Å². The van der Waals surface area contributed by atoms with Gasteiger partial charge in [0, 0.05) is 27.4 Å². The first-order valence-corrected chi connectivity index (χ1v) is 14.5. The highest BCUT2D eigenvalue weighted by Crippen LogP contribution is 2.63. The molecule has 0 amide bonds. The van der Waals surface area contributed by atoms with Gasteiger partial charge in [0.1, 0.15) is 5.60 Å². The summed E-state index contributed by atoms with van der Waals surface area (Å²) in [5.74, 6) is -4.34. The lowest BCUT2D eigenvalue weighted by atomic mass is 9.47. The van der Waals surface area contributed by atoms with Crippen molar-refractivity contribution in [1.29, 1.82) is 5.26 Å². The molecule has 5 nitrogen and oxygen atoms in total. The van der Waals surface area contributed by atoms with Crippen LogP contribution in [0.25, 0.3) is 0 Å². The largest absolute Gasteiger partial charge is 0.465 e. The lowest BCUT2D eigenvalue weighted by Gasteiger charge is -2.54. The second-order valence-electron chi connectivity index (χ2n) is 10.5. The van der Waals surface area contributed by atoms with Crippen molar-refractivity contribution in [2.24, 2.45) is 11.3 Å². The van der Waals surface area contributed by atoms with E-state index in [1.54, 1.807) is 79.7 Å². The molecule has 1 aliphatic carbocycles. The van der Waals surface area contributed by atoms with Crippen LogP contribution in [0.4, 0.5) is 0 Å². The van der Waals surface area contributed by atoms with Gasteiger partial charge in [-0.1, -0.05) is 96.0 Å². The zero-order chi connectivity index (χ0) is 29.9. The molecule has 0 aliphatic heterocycles. The number of hydrogen-bond donors (Lipinski definition) is 1. The third-order valence-electron chi connectivity index (χ3n) is 8.32. The van der Waals surface area contributed by atoms with Crippen LogP contribution in [0.5, 0.6) is 0 Å². The molecule has 42 heavy (non-hydrogen) atoms. The van der Waals surface area contributed by atoms with Crippen molar-refractivity contribution < 1.29 is 19.4 Å². The Hall–Kier alpha value is -3.95. The highest BCUT2D eigenvalue weighted by molar-refractivity contribution is 6.31. The van der Waals surface area contributed by atoms with E-state index in [9.17, 15) is 20.0 Å². The number of carbonyl (C=O) groups is 2. The molecule has 0 bridgehead atoms. The van der Waals surface area contributed by atoms with E-state index in [0.717, 1.165) is 0 Å². The summed E-state index contributed by atoms with van der Waals surface area (Å²) in [4.78, 5) is 28.9. The molecule has 4 aromatic rings. The Morgan fingerprint density at radius 2 is 1.38 bits per heavy atom. The molecule has 0 spiro atoms. The van der Waals surface area contributed by atoms with Gasteiger partial charge in [-0.15, -0.1) is 0 Å². The van der Waals surface area contributed by atoms with Gasteiger partial charge in [-0.05, 0) is 66.4 Å². The van der Waals surface area contributed by atoms with Gasteiger partial charge in [0.05, 0.1) is 18.6 Å². The quantitative estimate of drug-likeness (QED) is 0.174. The Balaban J connectivity index is 1.88. The molecule has 1 aliphatic rings. The molecular formula is C35H29Cl2NO4. The van der Waals surface area contributed by atoms with Crippen LogP contribution in [0, 0.1) is 22.7 Å². The molecule has 1 fully saturated rings. The van der Waals surface area contributed by atoms with Gasteiger partial charge >= 0.3 is 5.97 Å². The van der Waals surface area contributed by atoms with E-state index in [2.05, 4.69) is 6.07 Å². The third-order valence-corrected chi connectivity index (χ3v) is 8.82. The smallest absolute Gasteiger partial charge is 0.327 e. The summed E-state index contributed by atoms with van der Waals surface area (Å²) < 4.78 is 5.63. The zero-order valence-electron chi connectivity index (χ0n) is 22.9. The Labute approximate surface area is 255 Å². The van der Waals surface area contributed by atoms with Crippen molar-refractivity contribution in [2.45, 2.75) is 30.8 Å². The van der Waals surface area contributed by atoms with Crippen LogP contribution in [0.15, 0.2) is 109 Å². The highest BCUT2D eigenvalue weighted by atomic mass is 35.5. The van der Waals surface area contributed by atoms with Crippen LogP contribution in [-0.2, 0) is 15.1 Å². The van der Waals surface area contributed by atoms with Crippen molar-refractivity contribution in [1.82, 2.24) is 0 Å². The number of esters is 1. The zero-order valence-corrected chi connectivity index (χ0v) is 24.4. The van der Waals surface area contributed by atoms with Crippen molar-refractivity contribution in [2.75, 3.05) is 6.61 Å². The van der Waals surface area contributed by atoms with Crippen LogP contribution < -0.4 is 0 Å². The molecule has 1 N–H and O–H groups in total. The van der Waals surface area contributed by atoms with Gasteiger partial charge in [0.15, 0.2) is 11.2 Å². The molecule has 0 unspecified atom stereocenters. The minimum absolute atomic E-state index is 0.0442. The molecule has 0 heterocycles. The van der Waals surface area contributed by atoms with Gasteiger partial charge in [-0.25, -0.2) is 0 Å². The van der Waals surface area contributed by atoms with E-state index >= 15 is 0 Å². The van der Waals surface area contributed by atoms with Crippen molar-refractivity contribution >= 4 is 35.0 Å². The second kappa shape index (κ2) is 12.1. The molecule has 0 saturated heterocycles. The summed E-state index contributed by atoms with van der Waals surface area (Å²) in [6.45, 7) is 1.73. The summed E-state index contributed by atoms with van der Waals surface area (Å²) in [7, 11) is 0. The predicted molar refractivity (Wildman–Crippen MR) is 162 cm³/mol. The maximum Gasteiger partial charge on any atom is 0.327 e. The molecule has 0 aromatic heterocycles. The lowest BCUT2D eigenvalue weighted by Crippen LogP contribution is -2.59. The van der Waals surface area contributed by atoms with Gasteiger partial charge in [0.25, 0.3) is 0 Å². The van der Waals surface area contributed by atoms with Gasteiger partial charge < -0.3 is 9.84 Å². The number of nitriles is 1. The standard InChI is InChI=1S/C35H29Cl2NO4/c1-2-42-33(40)34(22-38)29(23-9-5-3-6-10-23)21-35(41,26-15-19-28(37)20-16-26)31(30(34)24-11-7-4-8-12-24)32(39)25-13-17-27(36)18-14-25/h3-20,29-31,41H,2,21H2,1H3/t29-,30-,31+,34+,35-/m0/s1. The molecule has 212 valence electrons. The second-order valence-corrected chi connectivity index (χ2v) is 11.4. The van der Waals surface area contributed by atoms with Gasteiger partial charge in [-0.3, -0.25) is 9.59 Å². The van der Waals surface area contributed by atoms with Gasteiger partial charge in [0.2, 0.25) is 0 Å². The fourth-order valence-corrected chi connectivity index (χ4v) is 6.70. The van der Waals surface area contributed by atoms with E-state index < -0.39 is 40.5 Å². The van der Waals surface area contributed by atoms with Crippen LogP contribution in [0.2, 0.25) is 10.0 Å². The number of ether oxygens (including phenoxy) is 1. The van der Waals surface area contributed by atoms with Crippen LogP contribution in [0.3, 0.4) is 0 Å². The number of benzene rings is 4. The molecular weight excluding hydrogens is 569 g/mol. The summed E-state index contributed by atoms with van der Waals surface area (Å²) in [5, 5.41) is 25.0. The Bertz CT molecular complexity index is 1600. The topological polar surface area (TPSA) is 87.4 Å². The van der Waals surface area contributed by atoms with E-state index in [4.69, 9.17) is 27.9 Å². The summed E-state index contributed by atoms with van der Waals surface area (Å²) in [6, 6.07) is 33.6. The Kier molecular flexibility index (Phi) is 8.52. The number of halogens is 2. The monoisotopic (exact) mass is 597 g/mol. The maximum absolute atomic E-state index is 14.7. The van der Waals surface area contributed by atoms with E-state index in [1.165, 1.54) is 0 Å². The van der Waals surface area contributed by atoms with E-state index in [0.29, 0.717) is 32.3 Å². The first-order valence-electron chi connectivity index (χ1n) is 13.7. The first-order chi connectivity index (χ1) is 20.3. The van der Waals surface area contributed by atoms with E-state index in [-0.39, 0.29) is 13.0 Å². The van der Waals surface area contributed by atoms with Crippen molar-refractivity contribution in [3.8, 4) is 6.07 Å². The SMILES string of the molecule is CCOC(=O)[C@]1(C#N)[C@H](c2ccccc2)C[C@](O)(c2ccc(Cl)cc2)[C@@H](C(=O)c2ccc(Cl)cc2)[C@@H]1c1ccccc1. The first kappa shape index (κ1) is 29.5. The number of nitrogens with zero attached hydrogens (tertiary/aromatic N) is 1. The highest BCUT2D eigenvalue weighted by Gasteiger charge is 2.67. The Morgan fingerprint density at radius 1 is 0.857 bits per heavy atom. The predicted octanol–water partition coefficient (Wildman–Crippen LogP) is 7.72. The molecule has 4 aromatic carbocycles. The molecule has 5 atom stereocenters. The third kappa shape index (κ3) is 5.12.